The standard InChI is InChI=1S/C12H16N4O/c1-12(3-6-17-7-4-12)16-10-2-5-14-8-9(10)15-11(16)13/h2,5,8H,3-4,6-7H2,1H3,(H2,13,15). The molecule has 3 heterocycles. The fraction of sp³-hybridized carbons (Fsp3) is 0.500. The summed E-state index contributed by atoms with van der Waals surface area (Å²) < 4.78 is 7.56. The van der Waals surface area contributed by atoms with Crippen LogP contribution in [-0.2, 0) is 10.3 Å². The van der Waals surface area contributed by atoms with E-state index in [1.807, 2.05) is 6.07 Å². The molecule has 0 atom stereocenters. The second kappa shape index (κ2) is 3.70. The Morgan fingerprint density at radius 3 is 2.94 bits per heavy atom. The Kier molecular flexibility index (Phi) is 2.29. The van der Waals surface area contributed by atoms with Crippen molar-refractivity contribution in [1.82, 2.24) is 14.5 Å². The zero-order chi connectivity index (χ0) is 11.9. The Bertz CT molecular complexity index is 542. The first-order chi connectivity index (χ1) is 8.21. The number of nitrogens with zero attached hydrogens (tertiary/aromatic N) is 3. The second-order valence-electron chi connectivity index (χ2n) is 4.78. The van der Waals surface area contributed by atoms with Crippen LogP contribution in [0.5, 0.6) is 0 Å². The summed E-state index contributed by atoms with van der Waals surface area (Å²) in [4.78, 5) is 8.45. The van der Waals surface area contributed by atoms with E-state index in [9.17, 15) is 0 Å². The van der Waals surface area contributed by atoms with Crippen LogP contribution in [0.1, 0.15) is 19.8 Å². The maximum Gasteiger partial charge on any atom is 0.201 e. The molecule has 1 saturated heterocycles. The highest BCUT2D eigenvalue weighted by molar-refractivity contribution is 5.77. The van der Waals surface area contributed by atoms with Gasteiger partial charge in [-0.25, -0.2) is 4.98 Å². The first kappa shape index (κ1) is 10.5. The molecule has 0 spiro atoms. The molecular weight excluding hydrogens is 216 g/mol. The molecule has 0 radical (unpaired) electrons. The van der Waals surface area contributed by atoms with Gasteiger partial charge < -0.3 is 15.0 Å². The van der Waals surface area contributed by atoms with Crippen LogP contribution in [0, 0.1) is 0 Å². The monoisotopic (exact) mass is 232 g/mol. The predicted molar refractivity (Wildman–Crippen MR) is 65.6 cm³/mol. The van der Waals surface area contributed by atoms with Gasteiger partial charge in [0, 0.05) is 24.9 Å². The first-order valence-electron chi connectivity index (χ1n) is 5.87. The Morgan fingerprint density at radius 2 is 2.18 bits per heavy atom. The van der Waals surface area contributed by atoms with E-state index in [-0.39, 0.29) is 5.54 Å². The van der Waals surface area contributed by atoms with E-state index in [1.165, 1.54) is 0 Å². The lowest BCUT2D eigenvalue weighted by Gasteiger charge is -2.36. The zero-order valence-corrected chi connectivity index (χ0v) is 9.89. The number of anilines is 1. The molecule has 1 aliphatic rings. The highest BCUT2D eigenvalue weighted by Crippen LogP contribution is 2.34. The number of ether oxygens (including phenoxy) is 1. The first-order valence-corrected chi connectivity index (χ1v) is 5.87. The lowest BCUT2D eigenvalue weighted by atomic mass is 9.92. The summed E-state index contributed by atoms with van der Waals surface area (Å²) in [5.74, 6) is 0.567. The molecular formula is C12H16N4O. The van der Waals surface area contributed by atoms with Crippen LogP contribution < -0.4 is 5.73 Å². The number of imidazole rings is 1. The third kappa shape index (κ3) is 1.58. The quantitative estimate of drug-likeness (QED) is 0.810. The van der Waals surface area contributed by atoms with Crippen molar-refractivity contribution < 1.29 is 4.74 Å². The molecule has 1 fully saturated rings. The maximum atomic E-state index is 6.05. The molecule has 5 nitrogen and oxygen atoms in total. The van der Waals surface area contributed by atoms with Crippen molar-refractivity contribution in [3.63, 3.8) is 0 Å². The number of hydrogen-bond donors (Lipinski definition) is 1. The molecule has 17 heavy (non-hydrogen) atoms. The number of pyridine rings is 1. The van der Waals surface area contributed by atoms with Crippen molar-refractivity contribution in [3.05, 3.63) is 18.5 Å². The van der Waals surface area contributed by atoms with E-state index < -0.39 is 0 Å². The fourth-order valence-corrected chi connectivity index (χ4v) is 2.55. The van der Waals surface area contributed by atoms with Crippen LogP contribution >= 0.6 is 0 Å². The van der Waals surface area contributed by atoms with Crippen molar-refractivity contribution in [2.75, 3.05) is 18.9 Å². The van der Waals surface area contributed by atoms with Gasteiger partial charge in [0.05, 0.1) is 11.7 Å². The van der Waals surface area contributed by atoms with E-state index in [0.717, 1.165) is 37.1 Å². The van der Waals surface area contributed by atoms with Gasteiger partial charge >= 0.3 is 0 Å². The molecule has 0 unspecified atom stereocenters. The summed E-state index contributed by atoms with van der Waals surface area (Å²) in [5, 5.41) is 0. The molecule has 90 valence electrons. The van der Waals surface area contributed by atoms with E-state index >= 15 is 0 Å². The van der Waals surface area contributed by atoms with Crippen molar-refractivity contribution >= 4 is 17.0 Å². The summed E-state index contributed by atoms with van der Waals surface area (Å²) in [6.07, 6.45) is 5.46. The van der Waals surface area contributed by atoms with Gasteiger partial charge in [0.1, 0.15) is 5.52 Å². The normalized spacial score (nSPS) is 19.6. The third-order valence-electron chi connectivity index (χ3n) is 3.59. The van der Waals surface area contributed by atoms with Gasteiger partial charge in [-0.05, 0) is 25.8 Å². The van der Waals surface area contributed by atoms with Crippen molar-refractivity contribution in [1.29, 1.82) is 0 Å². The largest absolute Gasteiger partial charge is 0.381 e. The number of fused-ring (bicyclic) bond motifs is 1. The van der Waals surface area contributed by atoms with E-state index in [0.29, 0.717) is 5.95 Å². The highest BCUT2D eigenvalue weighted by atomic mass is 16.5. The molecule has 2 N–H and O–H groups in total. The van der Waals surface area contributed by atoms with Gasteiger partial charge in [-0.1, -0.05) is 0 Å². The van der Waals surface area contributed by atoms with Crippen LogP contribution in [0.2, 0.25) is 0 Å². The third-order valence-corrected chi connectivity index (χ3v) is 3.59. The Labute approximate surface area is 99.6 Å². The van der Waals surface area contributed by atoms with E-state index in [4.69, 9.17) is 10.5 Å². The molecule has 0 aromatic carbocycles. The topological polar surface area (TPSA) is 66.0 Å². The van der Waals surface area contributed by atoms with Gasteiger partial charge in [-0.2, -0.15) is 0 Å². The van der Waals surface area contributed by atoms with Gasteiger partial charge in [0.25, 0.3) is 0 Å². The highest BCUT2D eigenvalue weighted by Gasteiger charge is 2.32. The van der Waals surface area contributed by atoms with Crippen LogP contribution in [-0.4, -0.2) is 27.7 Å². The minimum Gasteiger partial charge on any atom is -0.381 e. The number of rotatable bonds is 1. The smallest absolute Gasteiger partial charge is 0.201 e. The molecule has 0 aliphatic carbocycles. The SMILES string of the molecule is CC1(n2c(N)nc3cnccc32)CCOCC1. The lowest BCUT2D eigenvalue weighted by molar-refractivity contribution is 0.0320. The molecule has 3 rings (SSSR count). The summed E-state index contributed by atoms with van der Waals surface area (Å²) in [6, 6.07) is 1.97. The molecule has 2 aromatic heterocycles. The molecule has 5 heteroatoms. The van der Waals surface area contributed by atoms with Crippen molar-refractivity contribution in [2.45, 2.75) is 25.3 Å². The van der Waals surface area contributed by atoms with Crippen molar-refractivity contribution in [3.8, 4) is 0 Å². The van der Waals surface area contributed by atoms with Crippen LogP contribution in [0.3, 0.4) is 0 Å². The summed E-state index contributed by atoms with van der Waals surface area (Å²) >= 11 is 0. The van der Waals surface area contributed by atoms with Gasteiger partial charge in [0.2, 0.25) is 5.95 Å². The fourth-order valence-electron chi connectivity index (χ4n) is 2.55. The average Bonchev–Trinajstić information content (AvgIpc) is 2.66. The number of hydrogen-bond acceptors (Lipinski definition) is 4. The Balaban J connectivity index is 2.18. The minimum absolute atomic E-state index is 0.00155. The minimum atomic E-state index is -0.00155. The van der Waals surface area contributed by atoms with E-state index in [2.05, 4.69) is 21.5 Å². The van der Waals surface area contributed by atoms with Crippen molar-refractivity contribution in [2.24, 2.45) is 0 Å². The molecule has 0 amide bonds. The van der Waals surface area contributed by atoms with Crippen LogP contribution in [0.15, 0.2) is 18.5 Å². The second-order valence-corrected chi connectivity index (χ2v) is 4.78. The number of nitrogen functional groups attached to an aromatic ring is 1. The van der Waals surface area contributed by atoms with Crippen LogP contribution in [0.4, 0.5) is 5.95 Å². The summed E-state index contributed by atoms with van der Waals surface area (Å²) in [5.41, 5.74) is 7.97. The molecule has 1 aliphatic heterocycles. The maximum absolute atomic E-state index is 6.05. The average molecular weight is 232 g/mol. The number of aromatic nitrogens is 3. The summed E-state index contributed by atoms with van der Waals surface area (Å²) in [7, 11) is 0. The Hall–Kier alpha value is -1.62. The van der Waals surface area contributed by atoms with E-state index in [1.54, 1.807) is 12.4 Å². The van der Waals surface area contributed by atoms with Gasteiger partial charge in [-0.3, -0.25) is 4.98 Å². The van der Waals surface area contributed by atoms with Gasteiger partial charge in [-0.15, -0.1) is 0 Å². The summed E-state index contributed by atoms with van der Waals surface area (Å²) in [6.45, 7) is 3.77. The molecule has 0 saturated carbocycles. The molecule has 0 bridgehead atoms. The van der Waals surface area contributed by atoms with Crippen LogP contribution in [0.25, 0.3) is 11.0 Å². The molecule has 2 aromatic rings. The van der Waals surface area contributed by atoms with Gasteiger partial charge in [0.15, 0.2) is 0 Å². The zero-order valence-electron chi connectivity index (χ0n) is 9.89. The predicted octanol–water partition coefficient (Wildman–Crippen LogP) is 1.54. The number of nitrogens with two attached hydrogens (primary N) is 1. The lowest BCUT2D eigenvalue weighted by Crippen LogP contribution is -2.37. The Morgan fingerprint density at radius 1 is 1.41 bits per heavy atom.